The van der Waals surface area contributed by atoms with Gasteiger partial charge in [0.1, 0.15) is 5.82 Å². The lowest BCUT2D eigenvalue weighted by Gasteiger charge is -1.99. The van der Waals surface area contributed by atoms with Gasteiger partial charge in [0, 0.05) is 24.1 Å². The molecule has 2 N–H and O–H groups in total. The minimum absolute atomic E-state index is 0.171. The summed E-state index contributed by atoms with van der Waals surface area (Å²) in [7, 11) is 0. The number of nitrogens with zero attached hydrogens (tertiary/aromatic N) is 2. The number of amides is 1. The maximum Gasteiger partial charge on any atom is 0.244 e. The summed E-state index contributed by atoms with van der Waals surface area (Å²) in [5.74, 6) is 1.62. The Labute approximate surface area is 143 Å². The van der Waals surface area contributed by atoms with Crippen LogP contribution in [0.15, 0.2) is 53.2 Å². The molecule has 3 aromatic rings. The number of rotatable bonds is 6. The standard InChI is InChI=1S/C17H15ClN4O2/c18-13-6-3-12(4-7-13)5-8-16(23)19-10-9-15-20-17(22-21-15)14-2-1-11-24-14/h1-8,11H,9-10H2,(H,19,23)(H,20,21,22)/b8-5+. The van der Waals surface area contributed by atoms with Gasteiger partial charge in [0.15, 0.2) is 5.76 Å². The number of hydrogen-bond donors (Lipinski definition) is 2. The van der Waals surface area contributed by atoms with Crippen molar-refractivity contribution in [3.05, 3.63) is 65.1 Å². The van der Waals surface area contributed by atoms with Gasteiger partial charge in [0.05, 0.1) is 6.26 Å². The molecule has 122 valence electrons. The molecule has 24 heavy (non-hydrogen) atoms. The summed E-state index contributed by atoms with van der Waals surface area (Å²) in [4.78, 5) is 16.1. The van der Waals surface area contributed by atoms with Crippen molar-refractivity contribution in [2.45, 2.75) is 6.42 Å². The van der Waals surface area contributed by atoms with Gasteiger partial charge in [-0.2, -0.15) is 5.10 Å². The lowest BCUT2D eigenvalue weighted by molar-refractivity contribution is -0.116. The molecule has 0 radical (unpaired) electrons. The van der Waals surface area contributed by atoms with Crippen molar-refractivity contribution in [2.24, 2.45) is 0 Å². The summed E-state index contributed by atoms with van der Waals surface area (Å²) in [6, 6.07) is 10.8. The molecule has 2 heterocycles. The molecule has 0 saturated carbocycles. The number of nitrogens with one attached hydrogen (secondary N) is 2. The van der Waals surface area contributed by atoms with E-state index >= 15 is 0 Å². The molecule has 7 heteroatoms. The van der Waals surface area contributed by atoms with Crippen LogP contribution in [0, 0.1) is 0 Å². The first kappa shape index (κ1) is 16.0. The van der Waals surface area contributed by atoms with Gasteiger partial charge < -0.3 is 9.73 Å². The Balaban J connectivity index is 1.46. The average Bonchev–Trinajstić information content (AvgIpc) is 3.25. The van der Waals surface area contributed by atoms with Crippen molar-refractivity contribution in [1.29, 1.82) is 0 Å². The Hall–Kier alpha value is -2.86. The summed E-state index contributed by atoms with van der Waals surface area (Å²) < 4.78 is 5.22. The molecule has 0 bridgehead atoms. The van der Waals surface area contributed by atoms with Gasteiger partial charge in [-0.25, -0.2) is 4.98 Å². The molecule has 0 fully saturated rings. The van der Waals surface area contributed by atoms with Crippen LogP contribution < -0.4 is 5.32 Å². The summed E-state index contributed by atoms with van der Waals surface area (Å²) in [6.45, 7) is 0.455. The number of H-pyrrole nitrogens is 1. The molecule has 0 unspecified atom stereocenters. The quantitative estimate of drug-likeness (QED) is 0.674. The first-order valence-corrected chi connectivity index (χ1v) is 7.75. The minimum Gasteiger partial charge on any atom is -0.461 e. The number of carbonyl (C=O) groups is 1. The molecule has 3 rings (SSSR count). The van der Waals surface area contributed by atoms with Crippen molar-refractivity contribution in [3.63, 3.8) is 0 Å². The molecule has 0 saturated heterocycles. The molecule has 0 aliphatic rings. The lowest BCUT2D eigenvalue weighted by atomic mass is 10.2. The number of hydrogen-bond acceptors (Lipinski definition) is 4. The largest absolute Gasteiger partial charge is 0.461 e. The third kappa shape index (κ3) is 4.33. The molecule has 1 aromatic carbocycles. The molecular formula is C17H15ClN4O2. The third-order valence-electron chi connectivity index (χ3n) is 3.23. The molecule has 1 amide bonds. The van der Waals surface area contributed by atoms with Crippen LogP contribution in [0.4, 0.5) is 0 Å². The number of carbonyl (C=O) groups excluding carboxylic acids is 1. The minimum atomic E-state index is -0.171. The molecule has 0 aliphatic carbocycles. The maximum absolute atomic E-state index is 11.8. The van der Waals surface area contributed by atoms with E-state index in [2.05, 4.69) is 20.5 Å². The van der Waals surface area contributed by atoms with Crippen molar-refractivity contribution < 1.29 is 9.21 Å². The smallest absolute Gasteiger partial charge is 0.244 e. The van der Waals surface area contributed by atoms with Crippen molar-refractivity contribution in [2.75, 3.05) is 6.54 Å². The molecule has 0 atom stereocenters. The fraction of sp³-hybridized carbons (Fsp3) is 0.118. The van der Waals surface area contributed by atoms with Crippen LogP contribution in [0.1, 0.15) is 11.4 Å². The Morgan fingerprint density at radius 3 is 2.88 bits per heavy atom. The van der Waals surface area contributed by atoms with Crippen molar-refractivity contribution in [3.8, 4) is 11.6 Å². The van der Waals surface area contributed by atoms with Crippen molar-refractivity contribution in [1.82, 2.24) is 20.5 Å². The van der Waals surface area contributed by atoms with Gasteiger partial charge in [-0.1, -0.05) is 23.7 Å². The zero-order valence-electron chi connectivity index (χ0n) is 12.7. The first-order valence-electron chi connectivity index (χ1n) is 7.37. The topological polar surface area (TPSA) is 83.8 Å². The first-order chi connectivity index (χ1) is 11.7. The highest BCUT2D eigenvalue weighted by molar-refractivity contribution is 6.30. The van der Waals surface area contributed by atoms with Crippen LogP contribution in [0.25, 0.3) is 17.7 Å². The van der Waals surface area contributed by atoms with Crippen LogP contribution in [-0.4, -0.2) is 27.6 Å². The maximum atomic E-state index is 11.8. The molecule has 0 aliphatic heterocycles. The van der Waals surface area contributed by atoms with Gasteiger partial charge in [0.25, 0.3) is 0 Å². The highest BCUT2D eigenvalue weighted by Crippen LogP contribution is 2.14. The van der Waals surface area contributed by atoms with E-state index in [9.17, 15) is 4.79 Å². The second kappa shape index (κ2) is 7.61. The summed E-state index contributed by atoms with van der Waals surface area (Å²) >= 11 is 5.81. The van der Waals surface area contributed by atoms with Gasteiger partial charge in [-0.05, 0) is 35.9 Å². The van der Waals surface area contributed by atoms with E-state index < -0.39 is 0 Å². The lowest BCUT2D eigenvalue weighted by Crippen LogP contribution is -2.23. The zero-order valence-corrected chi connectivity index (χ0v) is 13.5. The Morgan fingerprint density at radius 1 is 1.29 bits per heavy atom. The van der Waals surface area contributed by atoms with Crippen LogP contribution >= 0.6 is 11.6 Å². The highest BCUT2D eigenvalue weighted by Gasteiger charge is 2.08. The number of aromatic amines is 1. The van der Waals surface area contributed by atoms with Gasteiger partial charge in [-0.3, -0.25) is 9.89 Å². The molecule has 2 aromatic heterocycles. The van der Waals surface area contributed by atoms with E-state index in [1.807, 2.05) is 12.1 Å². The van der Waals surface area contributed by atoms with Gasteiger partial charge in [0.2, 0.25) is 11.7 Å². The van der Waals surface area contributed by atoms with Gasteiger partial charge in [-0.15, -0.1) is 0 Å². The number of halogens is 1. The molecular weight excluding hydrogens is 328 g/mol. The van der Waals surface area contributed by atoms with E-state index in [1.54, 1.807) is 36.6 Å². The number of benzene rings is 1. The van der Waals surface area contributed by atoms with Gasteiger partial charge >= 0.3 is 0 Å². The van der Waals surface area contributed by atoms with E-state index in [0.29, 0.717) is 35.4 Å². The molecule has 0 spiro atoms. The van der Waals surface area contributed by atoms with Crippen LogP contribution in [-0.2, 0) is 11.2 Å². The fourth-order valence-corrected chi connectivity index (χ4v) is 2.16. The third-order valence-corrected chi connectivity index (χ3v) is 3.48. The second-order valence-corrected chi connectivity index (χ2v) is 5.45. The van der Waals surface area contributed by atoms with E-state index in [-0.39, 0.29) is 5.91 Å². The average molecular weight is 343 g/mol. The highest BCUT2D eigenvalue weighted by atomic mass is 35.5. The SMILES string of the molecule is O=C(/C=C/c1ccc(Cl)cc1)NCCc1nc(-c2ccco2)n[nH]1. The number of furan rings is 1. The summed E-state index contributed by atoms with van der Waals surface area (Å²) in [5.41, 5.74) is 0.910. The molecule has 6 nitrogen and oxygen atoms in total. The normalized spacial score (nSPS) is 11.0. The van der Waals surface area contributed by atoms with E-state index in [1.165, 1.54) is 6.08 Å². The van der Waals surface area contributed by atoms with Crippen molar-refractivity contribution >= 4 is 23.6 Å². The van der Waals surface area contributed by atoms with E-state index in [4.69, 9.17) is 16.0 Å². The predicted molar refractivity (Wildman–Crippen MR) is 91.3 cm³/mol. The van der Waals surface area contributed by atoms with Crippen LogP contribution in [0.3, 0.4) is 0 Å². The fourth-order valence-electron chi connectivity index (χ4n) is 2.03. The van der Waals surface area contributed by atoms with Crippen LogP contribution in [0.5, 0.6) is 0 Å². The summed E-state index contributed by atoms with van der Waals surface area (Å²) in [5, 5.41) is 10.4. The Bertz CT molecular complexity index is 823. The predicted octanol–water partition coefficient (Wildman–Crippen LogP) is 3.09. The van der Waals surface area contributed by atoms with Crippen LogP contribution in [0.2, 0.25) is 5.02 Å². The zero-order chi connectivity index (χ0) is 16.8. The Kier molecular flexibility index (Phi) is 5.08. The monoisotopic (exact) mass is 342 g/mol. The second-order valence-electron chi connectivity index (χ2n) is 5.01. The number of aromatic nitrogens is 3. The summed E-state index contributed by atoms with van der Waals surface area (Å²) in [6.07, 6.45) is 5.33. The van der Waals surface area contributed by atoms with E-state index in [0.717, 1.165) is 5.56 Å². The Morgan fingerprint density at radius 2 is 2.12 bits per heavy atom.